The molecule has 126 valence electrons. The van der Waals surface area contributed by atoms with Crippen LogP contribution in [0, 0.1) is 0 Å². The maximum atomic E-state index is 12.2. The Labute approximate surface area is 144 Å². The average Bonchev–Trinajstić information content (AvgIpc) is 2.53. The first-order chi connectivity index (χ1) is 11.2. The van der Waals surface area contributed by atoms with Crippen molar-refractivity contribution in [2.75, 3.05) is 5.75 Å². The number of rotatable bonds is 5. The molecular formula is C20H22O3S. The molecule has 0 aliphatic heterocycles. The number of carbonyl (C=O) groups is 1. The van der Waals surface area contributed by atoms with E-state index in [1.807, 2.05) is 24.3 Å². The third-order valence-electron chi connectivity index (χ3n) is 3.67. The number of hydrogen-bond donors (Lipinski definition) is 0. The van der Waals surface area contributed by atoms with Crippen LogP contribution in [0.2, 0.25) is 0 Å². The fourth-order valence-corrected chi connectivity index (χ4v) is 3.44. The number of sulfone groups is 1. The van der Waals surface area contributed by atoms with E-state index in [4.69, 9.17) is 0 Å². The van der Waals surface area contributed by atoms with E-state index in [1.165, 1.54) is 23.8 Å². The van der Waals surface area contributed by atoms with Crippen molar-refractivity contribution in [3.63, 3.8) is 0 Å². The van der Waals surface area contributed by atoms with Crippen molar-refractivity contribution >= 4 is 21.7 Å². The van der Waals surface area contributed by atoms with Crippen LogP contribution in [0.1, 0.15) is 31.9 Å². The zero-order valence-electron chi connectivity index (χ0n) is 14.2. The highest BCUT2D eigenvalue weighted by Crippen LogP contribution is 2.22. The molecule has 0 aromatic heterocycles. The normalized spacial score (nSPS) is 12.5. The molecule has 4 heteroatoms. The summed E-state index contributed by atoms with van der Waals surface area (Å²) in [4.78, 5) is 12.1. The van der Waals surface area contributed by atoms with Gasteiger partial charge in [0.2, 0.25) is 0 Å². The van der Waals surface area contributed by atoms with Crippen molar-refractivity contribution < 1.29 is 13.2 Å². The van der Waals surface area contributed by atoms with Crippen LogP contribution >= 0.6 is 0 Å². The summed E-state index contributed by atoms with van der Waals surface area (Å²) in [5.74, 6) is -0.952. The van der Waals surface area contributed by atoms with Gasteiger partial charge in [-0.2, -0.15) is 0 Å². The average molecular weight is 342 g/mol. The quantitative estimate of drug-likeness (QED) is 0.771. The molecule has 0 amide bonds. The molecule has 0 radical (unpaired) electrons. The van der Waals surface area contributed by atoms with Crippen LogP contribution in [-0.4, -0.2) is 20.0 Å². The lowest BCUT2D eigenvalue weighted by molar-refractivity contribution is -0.112. The fraction of sp³-hybridized carbons (Fsp3) is 0.250. The molecule has 0 saturated heterocycles. The Kier molecular flexibility index (Phi) is 5.40. The highest BCUT2D eigenvalue weighted by atomic mass is 32.2. The Balaban J connectivity index is 2.06. The van der Waals surface area contributed by atoms with Gasteiger partial charge in [-0.15, -0.1) is 0 Å². The Bertz CT molecular complexity index is 825. The summed E-state index contributed by atoms with van der Waals surface area (Å²) in [5, 5.41) is 0. The Morgan fingerprint density at radius 1 is 0.958 bits per heavy atom. The summed E-state index contributed by atoms with van der Waals surface area (Å²) in [6.07, 6.45) is 2.97. The van der Waals surface area contributed by atoms with Crippen LogP contribution in [-0.2, 0) is 20.0 Å². The predicted octanol–water partition coefficient (Wildman–Crippen LogP) is 4.04. The summed E-state index contributed by atoms with van der Waals surface area (Å²) in [6, 6.07) is 15.9. The fourth-order valence-electron chi connectivity index (χ4n) is 2.23. The molecule has 0 unspecified atom stereocenters. The highest BCUT2D eigenvalue weighted by molar-refractivity contribution is 7.92. The van der Waals surface area contributed by atoms with E-state index in [-0.39, 0.29) is 10.3 Å². The van der Waals surface area contributed by atoms with Gasteiger partial charge in [0.1, 0.15) is 5.75 Å². The Hall–Kier alpha value is -2.20. The zero-order valence-corrected chi connectivity index (χ0v) is 15.0. The van der Waals surface area contributed by atoms with E-state index in [2.05, 4.69) is 20.8 Å². The van der Waals surface area contributed by atoms with Crippen molar-refractivity contribution in [3.8, 4) is 0 Å². The summed E-state index contributed by atoms with van der Waals surface area (Å²) >= 11 is 0. The zero-order chi connectivity index (χ0) is 17.8. The highest BCUT2D eigenvalue weighted by Gasteiger charge is 2.17. The number of ketones is 1. The monoisotopic (exact) mass is 342 g/mol. The lowest BCUT2D eigenvalue weighted by atomic mass is 9.87. The van der Waals surface area contributed by atoms with Gasteiger partial charge in [-0.3, -0.25) is 4.79 Å². The van der Waals surface area contributed by atoms with Crippen molar-refractivity contribution in [2.45, 2.75) is 31.1 Å². The van der Waals surface area contributed by atoms with Gasteiger partial charge in [-0.25, -0.2) is 8.42 Å². The minimum absolute atomic E-state index is 0.0713. The van der Waals surface area contributed by atoms with Gasteiger partial charge in [0, 0.05) is 0 Å². The summed E-state index contributed by atoms with van der Waals surface area (Å²) in [6.45, 7) is 6.40. The first-order valence-corrected chi connectivity index (χ1v) is 9.43. The topological polar surface area (TPSA) is 51.2 Å². The van der Waals surface area contributed by atoms with Gasteiger partial charge >= 0.3 is 0 Å². The van der Waals surface area contributed by atoms with Crippen molar-refractivity contribution in [2.24, 2.45) is 0 Å². The van der Waals surface area contributed by atoms with E-state index in [9.17, 15) is 13.2 Å². The molecular weight excluding hydrogens is 320 g/mol. The van der Waals surface area contributed by atoms with Crippen LogP contribution < -0.4 is 0 Å². The van der Waals surface area contributed by atoms with E-state index in [0.717, 1.165) is 5.56 Å². The standard InChI is InChI=1S/C20H22O3S/c1-20(2,3)17-12-9-16(10-13-17)11-14-18(21)15-24(22,23)19-7-5-4-6-8-19/h4-14H,15H2,1-3H3. The van der Waals surface area contributed by atoms with Gasteiger partial charge in [0.25, 0.3) is 0 Å². The number of allylic oxidation sites excluding steroid dienone is 1. The third kappa shape index (κ3) is 4.90. The van der Waals surface area contributed by atoms with Crippen molar-refractivity contribution in [1.82, 2.24) is 0 Å². The first-order valence-electron chi connectivity index (χ1n) is 7.78. The van der Waals surface area contributed by atoms with Gasteiger partial charge in [-0.05, 0) is 34.8 Å². The molecule has 0 saturated carbocycles. The molecule has 0 N–H and O–H groups in total. The van der Waals surface area contributed by atoms with Crippen LogP contribution in [0.15, 0.2) is 65.6 Å². The molecule has 24 heavy (non-hydrogen) atoms. The van der Waals surface area contributed by atoms with Gasteiger partial charge in [0.15, 0.2) is 15.6 Å². The smallest absolute Gasteiger partial charge is 0.185 e. The molecule has 0 spiro atoms. The van der Waals surface area contributed by atoms with Crippen LogP contribution in [0.4, 0.5) is 0 Å². The first kappa shape index (κ1) is 18.1. The van der Waals surface area contributed by atoms with E-state index >= 15 is 0 Å². The van der Waals surface area contributed by atoms with Gasteiger partial charge in [0.05, 0.1) is 4.90 Å². The largest absolute Gasteiger partial charge is 0.294 e. The summed E-state index contributed by atoms with van der Waals surface area (Å²) in [5.41, 5.74) is 2.15. The molecule has 2 aromatic rings. The van der Waals surface area contributed by atoms with Gasteiger partial charge < -0.3 is 0 Å². The lowest BCUT2D eigenvalue weighted by Crippen LogP contribution is -2.14. The third-order valence-corrected chi connectivity index (χ3v) is 5.33. The molecule has 2 aromatic carbocycles. The van der Waals surface area contributed by atoms with Gasteiger partial charge in [-0.1, -0.05) is 69.3 Å². The molecule has 0 aliphatic rings. The molecule has 0 bridgehead atoms. The molecule has 3 nitrogen and oxygen atoms in total. The van der Waals surface area contributed by atoms with Crippen LogP contribution in [0.5, 0.6) is 0 Å². The SMILES string of the molecule is CC(C)(C)c1ccc(C=CC(=O)CS(=O)(=O)c2ccccc2)cc1. The molecule has 0 aliphatic carbocycles. The second-order valence-corrected chi connectivity index (χ2v) is 8.73. The summed E-state index contributed by atoms with van der Waals surface area (Å²) < 4.78 is 24.3. The molecule has 2 rings (SSSR count). The van der Waals surface area contributed by atoms with E-state index < -0.39 is 21.4 Å². The molecule has 0 atom stereocenters. The van der Waals surface area contributed by atoms with E-state index in [0.29, 0.717) is 0 Å². The van der Waals surface area contributed by atoms with Crippen molar-refractivity contribution in [3.05, 3.63) is 71.8 Å². The second-order valence-electron chi connectivity index (χ2n) is 6.74. The van der Waals surface area contributed by atoms with E-state index in [1.54, 1.807) is 24.3 Å². The molecule has 0 fully saturated rings. The molecule has 0 heterocycles. The number of benzene rings is 2. The second kappa shape index (κ2) is 7.14. The lowest BCUT2D eigenvalue weighted by Gasteiger charge is -2.18. The van der Waals surface area contributed by atoms with Crippen LogP contribution in [0.3, 0.4) is 0 Å². The number of carbonyl (C=O) groups excluding carboxylic acids is 1. The van der Waals surface area contributed by atoms with Crippen LogP contribution in [0.25, 0.3) is 6.08 Å². The maximum Gasteiger partial charge on any atom is 0.185 e. The predicted molar refractivity (Wildman–Crippen MR) is 97.7 cm³/mol. The van der Waals surface area contributed by atoms with Crippen molar-refractivity contribution in [1.29, 1.82) is 0 Å². The Morgan fingerprint density at radius 3 is 2.08 bits per heavy atom. The maximum absolute atomic E-state index is 12.2. The minimum atomic E-state index is -3.59. The Morgan fingerprint density at radius 2 is 1.54 bits per heavy atom. The summed E-state index contributed by atoms with van der Waals surface area (Å²) in [7, 11) is -3.59. The number of hydrogen-bond acceptors (Lipinski definition) is 3. The minimum Gasteiger partial charge on any atom is -0.294 e.